The zero-order valence-corrected chi connectivity index (χ0v) is 12.5. The van der Waals surface area contributed by atoms with Gasteiger partial charge in [0, 0.05) is 12.8 Å². The summed E-state index contributed by atoms with van der Waals surface area (Å²) in [6.45, 7) is 6.27. The summed E-state index contributed by atoms with van der Waals surface area (Å²) in [6.07, 6.45) is 1.02. The normalized spacial score (nSPS) is 20.8. The summed E-state index contributed by atoms with van der Waals surface area (Å²) >= 11 is 0. The maximum atomic E-state index is 12.4. The molecule has 0 aliphatic heterocycles. The smallest absolute Gasteiger partial charge is 0.181 e. The fraction of sp³-hybridized carbons (Fsp3) is 0.533. The van der Waals surface area contributed by atoms with Crippen LogP contribution in [0, 0.1) is 0 Å². The number of sulfone groups is 1. The lowest BCUT2D eigenvalue weighted by Crippen LogP contribution is -2.19. The number of carbonyl (C=O) groups excluding carboxylic acids is 1. The van der Waals surface area contributed by atoms with Crippen LogP contribution in [0.5, 0.6) is 0 Å². The summed E-state index contributed by atoms with van der Waals surface area (Å²) in [7, 11) is -3.35. The van der Waals surface area contributed by atoms with Crippen molar-refractivity contribution in [2.45, 2.75) is 55.6 Å². The molecule has 19 heavy (non-hydrogen) atoms. The zero-order valence-electron chi connectivity index (χ0n) is 11.6. The van der Waals surface area contributed by atoms with Gasteiger partial charge in [-0.1, -0.05) is 32.9 Å². The minimum atomic E-state index is -3.35. The molecule has 0 bridgehead atoms. The highest BCUT2D eigenvalue weighted by Gasteiger charge is 2.34. The number of hydrogen-bond acceptors (Lipinski definition) is 3. The molecular formula is C15H20O3S. The third-order valence-electron chi connectivity index (χ3n) is 3.69. The van der Waals surface area contributed by atoms with Crippen molar-refractivity contribution in [2.75, 3.05) is 0 Å². The Balaban J connectivity index is 2.29. The monoisotopic (exact) mass is 280 g/mol. The van der Waals surface area contributed by atoms with Crippen molar-refractivity contribution >= 4 is 15.6 Å². The van der Waals surface area contributed by atoms with Crippen LogP contribution in [0.4, 0.5) is 0 Å². The molecule has 1 fully saturated rings. The SMILES string of the molecule is CC(C)(C)c1ccc(S(=O)(=O)C2CCC(=O)C2)cc1. The molecule has 0 aromatic heterocycles. The second kappa shape index (κ2) is 4.75. The standard InChI is InChI=1S/C15H20O3S/c1-15(2,3)11-4-7-13(8-5-11)19(17,18)14-9-6-12(16)10-14/h4-5,7-8,14H,6,9-10H2,1-3H3. The van der Waals surface area contributed by atoms with Crippen LogP contribution >= 0.6 is 0 Å². The molecule has 3 nitrogen and oxygen atoms in total. The molecule has 0 spiro atoms. The summed E-state index contributed by atoms with van der Waals surface area (Å²) < 4.78 is 24.8. The number of carbonyl (C=O) groups is 1. The largest absolute Gasteiger partial charge is 0.300 e. The van der Waals surface area contributed by atoms with E-state index in [1.54, 1.807) is 12.1 Å². The molecule has 1 aromatic carbocycles. The molecule has 1 aromatic rings. The number of ketones is 1. The van der Waals surface area contributed by atoms with Crippen molar-refractivity contribution in [3.63, 3.8) is 0 Å². The van der Waals surface area contributed by atoms with Gasteiger partial charge in [0.15, 0.2) is 9.84 Å². The fourth-order valence-corrected chi connectivity index (χ4v) is 4.12. The molecule has 4 heteroatoms. The zero-order chi connectivity index (χ0) is 14.3. The van der Waals surface area contributed by atoms with Crippen LogP contribution in [0.25, 0.3) is 0 Å². The molecule has 1 aliphatic rings. The van der Waals surface area contributed by atoms with E-state index in [-0.39, 0.29) is 17.6 Å². The Morgan fingerprint density at radius 1 is 1.11 bits per heavy atom. The van der Waals surface area contributed by atoms with E-state index in [1.165, 1.54) is 0 Å². The quantitative estimate of drug-likeness (QED) is 0.837. The fourth-order valence-electron chi connectivity index (χ4n) is 2.38. The molecule has 0 heterocycles. The van der Waals surface area contributed by atoms with Crippen molar-refractivity contribution in [1.29, 1.82) is 0 Å². The van der Waals surface area contributed by atoms with Crippen LogP contribution in [0.3, 0.4) is 0 Å². The molecule has 1 saturated carbocycles. The molecule has 0 N–H and O–H groups in total. The number of rotatable bonds is 2. The highest BCUT2D eigenvalue weighted by Crippen LogP contribution is 2.29. The van der Waals surface area contributed by atoms with E-state index in [4.69, 9.17) is 0 Å². The first kappa shape index (κ1) is 14.3. The second-order valence-corrected chi connectivity index (χ2v) is 8.45. The predicted octanol–water partition coefficient (Wildman–Crippen LogP) is 2.88. The van der Waals surface area contributed by atoms with Gasteiger partial charge in [-0.25, -0.2) is 8.42 Å². The van der Waals surface area contributed by atoms with Crippen LogP contribution in [0.2, 0.25) is 0 Å². The van der Waals surface area contributed by atoms with Crippen LogP contribution in [-0.2, 0) is 20.0 Å². The lowest BCUT2D eigenvalue weighted by Gasteiger charge is -2.19. The minimum absolute atomic E-state index is 0.00557. The summed E-state index contributed by atoms with van der Waals surface area (Å²) in [5.41, 5.74) is 1.11. The van der Waals surface area contributed by atoms with Crippen molar-refractivity contribution in [3.05, 3.63) is 29.8 Å². The first-order valence-electron chi connectivity index (χ1n) is 6.57. The molecule has 1 atom stereocenters. The van der Waals surface area contributed by atoms with Gasteiger partial charge >= 0.3 is 0 Å². The molecule has 1 unspecified atom stereocenters. The van der Waals surface area contributed by atoms with E-state index >= 15 is 0 Å². The van der Waals surface area contributed by atoms with Gasteiger partial charge in [-0.2, -0.15) is 0 Å². The third-order valence-corrected chi connectivity index (χ3v) is 5.90. The Labute approximate surface area is 114 Å². The third kappa shape index (κ3) is 2.89. The first-order valence-corrected chi connectivity index (χ1v) is 8.12. The van der Waals surface area contributed by atoms with E-state index < -0.39 is 15.1 Å². The van der Waals surface area contributed by atoms with Gasteiger partial charge in [0.2, 0.25) is 0 Å². The van der Waals surface area contributed by atoms with Crippen LogP contribution in [-0.4, -0.2) is 19.5 Å². The van der Waals surface area contributed by atoms with Crippen LogP contribution in [0.15, 0.2) is 29.2 Å². The second-order valence-electron chi connectivity index (χ2n) is 6.22. The highest BCUT2D eigenvalue weighted by atomic mass is 32.2. The van der Waals surface area contributed by atoms with Gasteiger partial charge in [-0.05, 0) is 29.5 Å². The average Bonchev–Trinajstić information content (AvgIpc) is 2.76. The van der Waals surface area contributed by atoms with Gasteiger partial charge in [-0.15, -0.1) is 0 Å². The van der Waals surface area contributed by atoms with E-state index in [0.717, 1.165) is 5.56 Å². The Bertz CT molecular complexity index is 577. The van der Waals surface area contributed by atoms with E-state index in [1.807, 2.05) is 12.1 Å². The van der Waals surface area contributed by atoms with E-state index in [2.05, 4.69) is 20.8 Å². The average molecular weight is 280 g/mol. The molecule has 0 amide bonds. The summed E-state index contributed by atoms with van der Waals surface area (Å²) in [5, 5.41) is -0.527. The van der Waals surface area contributed by atoms with Crippen molar-refractivity contribution in [1.82, 2.24) is 0 Å². The van der Waals surface area contributed by atoms with Gasteiger partial charge in [0.05, 0.1) is 10.1 Å². The highest BCUT2D eigenvalue weighted by molar-refractivity contribution is 7.92. The first-order chi connectivity index (χ1) is 8.71. The summed E-state index contributed by atoms with van der Waals surface area (Å²) in [6, 6.07) is 7.06. The summed E-state index contributed by atoms with van der Waals surface area (Å²) in [5.74, 6) is 0.0555. The Morgan fingerprint density at radius 2 is 1.68 bits per heavy atom. The minimum Gasteiger partial charge on any atom is -0.300 e. The molecule has 1 aliphatic carbocycles. The Hall–Kier alpha value is -1.16. The molecular weight excluding hydrogens is 260 g/mol. The molecule has 0 saturated heterocycles. The summed E-state index contributed by atoms with van der Waals surface area (Å²) in [4.78, 5) is 11.6. The molecule has 104 valence electrons. The Morgan fingerprint density at radius 3 is 2.11 bits per heavy atom. The van der Waals surface area contributed by atoms with Gasteiger partial charge in [0.25, 0.3) is 0 Å². The van der Waals surface area contributed by atoms with E-state index in [0.29, 0.717) is 17.7 Å². The molecule has 0 radical (unpaired) electrons. The van der Waals surface area contributed by atoms with Gasteiger partial charge < -0.3 is 0 Å². The van der Waals surface area contributed by atoms with Crippen LogP contribution in [0.1, 0.15) is 45.6 Å². The maximum absolute atomic E-state index is 12.4. The number of Topliss-reactive ketones (excluding diaryl/α,β-unsaturated/α-hetero) is 1. The van der Waals surface area contributed by atoms with Gasteiger partial charge in [-0.3, -0.25) is 4.79 Å². The Kier molecular flexibility index (Phi) is 3.56. The predicted molar refractivity (Wildman–Crippen MR) is 75.0 cm³/mol. The van der Waals surface area contributed by atoms with Crippen LogP contribution < -0.4 is 0 Å². The lowest BCUT2D eigenvalue weighted by atomic mass is 9.87. The lowest BCUT2D eigenvalue weighted by molar-refractivity contribution is -0.117. The maximum Gasteiger partial charge on any atom is 0.181 e. The van der Waals surface area contributed by atoms with Crippen molar-refractivity contribution in [2.24, 2.45) is 0 Å². The van der Waals surface area contributed by atoms with Gasteiger partial charge in [0.1, 0.15) is 5.78 Å². The number of hydrogen-bond donors (Lipinski definition) is 0. The number of benzene rings is 1. The molecule has 2 rings (SSSR count). The topological polar surface area (TPSA) is 51.2 Å². The van der Waals surface area contributed by atoms with Crippen molar-refractivity contribution < 1.29 is 13.2 Å². The van der Waals surface area contributed by atoms with E-state index in [9.17, 15) is 13.2 Å². The van der Waals surface area contributed by atoms with Crippen molar-refractivity contribution in [3.8, 4) is 0 Å².